The summed E-state index contributed by atoms with van der Waals surface area (Å²) in [4.78, 5) is 12.5. The first-order valence-electron chi connectivity index (χ1n) is 8.90. The fraction of sp³-hybridized carbons (Fsp3) is 0.650. The van der Waals surface area contributed by atoms with Crippen molar-refractivity contribution in [3.8, 4) is 0 Å². The van der Waals surface area contributed by atoms with E-state index in [1.54, 1.807) is 7.11 Å². The minimum Gasteiger partial charge on any atom is -0.384 e. The average Bonchev–Trinajstić information content (AvgIpc) is 2.54. The van der Waals surface area contributed by atoms with Crippen LogP contribution in [0.25, 0.3) is 0 Å². The van der Waals surface area contributed by atoms with Gasteiger partial charge in [0.2, 0.25) is 5.91 Å². The van der Waals surface area contributed by atoms with Crippen LogP contribution in [0.4, 0.5) is 0 Å². The number of nitrogens with one attached hydrogen (secondary N) is 2. The number of rotatable bonds is 7. The van der Waals surface area contributed by atoms with E-state index in [9.17, 15) is 4.79 Å². The third-order valence-electron chi connectivity index (χ3n) is 5.21. The molecule has 134 valence electrons. The maximum absolute atomic E-state index is 12.5. The molecule has 1 aliphatic heterocycles. The van der Waals surface area contributed by atoms with Gasteiger partial charge >= 0.3 is 0 Å². The molecule has 24 heavy (non-hydrogen) atoms. The van der Waals surface area contributed by atoms with E-state index in [-0.39, 0.29) is 16.7 Å². The second kappa shape index (κ2) is 8.13. The second-order valence-electron chi connectivity index (χ2n) is 7.89. The third-order valence-corrected chi connectivity index (χ3v) is 5.21. The average molecular weight is 332 g/mol. The van der Waals surface area contributed by atoms with Crippen LogP contribution in [0.1, 0.15) is 44.2 Å². The summed E-state index contributed by atoms with van der Waals surface area (Å²) in [5.74, 6) is 0.120. The molecule has 1 saturated heterocycles. The van der Waals surface area contributed by atoms with Crippen molar-refractivity contribution in [1.82, 2.24) is 10.6 Å². The van der Waals surface area contributed by atoms with Gasteiger partial charge in [0.05, 0.1) is 6.61 Å². The summed E-state index contributed by atoms with van der Waals surface area (Å²) in [6, 6.07) is 8.47. The van der Waals surface area contributed by atoms with E-state index in [1.165, 1.54) is 11.1 Å². The van der Waals surface area contributed by atoms with Gasteiger partial charge in [-0.15, -0.1) is 0 Å². The van der Waals surface area contributed by atoms with Crippen molar-refractivity contribution in [2.45, 2.75) is 45.4 Å². The number of ether oxygens (including phenoxy) is 1. The molecular weight excluding hydrogens is 300 g/mol. The van der Waals surface area contributed by atoms with Crippen molar-refractivity contribution in [2.24, 2.45) is 5.41 Å². The SMILES string of the molecule is COCC1(CNC(=O)CC(C)(C)c2ccc(C)cc2)CCNCC1. The standard InChI is InChI=1S/C20H32N2O2/c1-16-5-7-17(8-6-16)19(2,3)13-18(23)22-14-20(15-24-4)9-11-21-12-10-20/h5-8,21H,9-15H2,1-4H3,(H,22,23). The smallest absolute Gasteiger partial charge is 0.220 e. The van der Waals surface area contributed by atoms with Gasteiger partial charge in [0.25, 0.3) is 0 Å². The molecule has 4 heteroatoms. The Morgan fingerprint density at radius 3 is 2.46 bits per heavy atom. The van der Waals surface area contributed by atoms with Gasteiger partial charge < -0.3 is 15.4 Å². The first-order valence-corrected chi connectivity index (χ1v) is 8.90. The summed E-state index contributed by atoms with van der Waals surface area (Å²) in [5.41, 5.74) is 2.35. The molecule has 1 heterocycles. The number of carbonyl (C=O) groups excluding carboxylic acids is 1. The number of carbonyl (C=O) groups is 1. The summed E-state index contributed by atoms with van der Waals surface area (Å²) in [7, 11) is 1.74. The molecular formula is C20H32N2O2. The zero-order chi connectivity index (χ0) is 17.6. The lowest BCUT2D eigenvalue weighted by atomic mass is 9.78. The van der Waals surface area contributed by atoms with Gasteiger partial charge in [-0.2, -0.15) is 0 Å². The Kier molecular flexibility index (Phi) is 6.41. The highest BCUT2D eigenvalue weighted by Gasteiger charge is 2.33. The van der Waals surface area contributed by atoms with Crippen LogP contribution in [0.3, 0.4) is 0 Å². The fourth-order valence-corrected chi connectivity index (χ4v) is 3.49. The van der Waals surface area contributed by atoms with Crippen LogP contribution >= 0.6 is 0 Å². The minimum absolute atomic E-state index is 0.0731. The van der Waals surface area contributed by atoms with Crippen LogP contribution in [0.2, 0.25) is 0 Å². The van der Waals surface area contributed by atoms with E-state index < -0.39 is 0 Å². The highest BCUT2D eigenvalue weighted by Crippen LogP contribution is 2.30. The molecule has 0 unspecified atom stereocenters. The minimum atomic E-state index is -0.166. The van der Waals surface area contributed by atoms with Gasteiger partial charge in [-0.1, -0.05) is 43.7 Å². The van der Waals surface area contributed by atoms with Crippen LogP contribution in [-0.2, 0) is 14.9 Å². The monoisotopic (exact) mass is 332 g/mol. The summed E-state index contributed by atoms with van der Waals surface area (Å²) in [6.45, 7) is 9.74. The molecule has 0 radical (unpaired) electrons. The van der Waals surface area contributed by atoms with E-state index in [1.807, 2.05) is 0 Å². The number of piperidine rings is 1. The summed E-state index contributed by atoms with van der Waals surface area (Å²) < 4.78 is 5.42. The van der Waals surface area contributed by atoms with Gasteiger partial charge in [0, 0.05) is 25.5 Å². The van der Waals surface area contributed by atoms with Crippen LogP contribution in [0.5, 0.6) is 0 Å². The van der Waals surface area contributed by atoms with Crippen molar-refractivity contribution in [1.29, 1.82) is 0 Å². The van der Waals surface area contributed by atoms with Crippen LogP contribution in [0, 0.1) is 12.3 Å². The number of hydrogen-bond acceptors (Lipinski definition) is 3. The van der Waals surface area contributed by atoms with Crippen LogP contribution in [0.15, 0.2) is 24.3 Å². The molecule has 1 fully saturated rings. The highest BCUT2D eigenvalue weighted by atomic mass is 16.5. The predicted octanol–water partition coefficient (Wildman–Crippen LogP) is 2.80. The van der Waals surface area contributed by atoms with E-state index in [2.05, 4.69) is 55.7 Å². The van der Waals surface area contributed by atoms with E-state index in [0.29, 0.717) is 19.6 Å². The molecule has 4 nitrogen and oxygen atoms in total. The van der Waals surface area contributed by atoms with E-state index >= 15 is 0 Å². The molecule has 2 N–H and O–H groups in total. The maximum Gasteiger partial charge on any atom is 0.220 e. The molecule has 0 bridgehead atoms. The normalized spacial score (nSPS) is 17.5. The van der Waals surface area contributed by atoms with Crippen molar-refractivity contribution >= 4 is 5.91 Å². The molecule has 1 amide bonds. The van der Waals surface area contributed by atoms with E-state index in [0.717, 1.165) is 25.9 Å². The topological polar surface area (TPSA) is 50.4 Å². The summed E-state index contributed by atoms with van der Waals surface area (Å²) >= 11 is 0. The van der Waals surface area contributed by atoms with Crippen molar-refractivity contribution < 1.29 is 9.53 Å². The third kappa shape index (κ3) is 5.05. The molecule has 0 atom stereocenters. The largest absolute Gasteiger partial charge is 0.384 e. The Bertz CT molecular complexity index is 526. The van der Waals surface area contributed by atoms with Crippen LogP contribution in [-0.4, -0.2) is 39.3 Å². The summed E-state index contributed by atoms with van der Waals surface area (Å²) in [6.07, 6.45) is 2.59. The second-order valence-corrected chi connectivity index (χ2v) is 7.89. The van der Waals surface area contributed by atoms with Gasteiger partial charge in [-0.3, -0.25) is 4.79 Å². The zero-order valence-electron chi connectivity index (χ0n) is 15.6. The van der Waals surface area contributed by atoms with Gasteiger partial charge in [0.15, 0.2) is 0 Å². The first-order chi connectivity index (χ1) is 11.4. The zero-order valence-corrected chi connectivity index (χ0v) is 15.6. The van der Waals surface area contributed by atoms with Crippen molar-refractivity contribution in [3.05, 3.63) is 35.4 Å². The molecule has 2 rings (SSSR count). The number of methoxy groups -OCH3 is 1. The molecule has 0 aromatic heterocycles. The number of hydrogen-bond donors (Lipinski definition) is 2. The number of amides is 1. The Balaban J connectivity index is 1.92. The molecule has 1 aromatic rings. The Morgan fingerprint density at radius 1 is 1.25 bits per heavy atom. The predicted molar refractivity (Wildman–Crippen MR) is 98.2 cm³/mol. The Labute approximate surface area is 146 Å². The van der Waals surface area contributed by atoms with Crippen LogP contribution < -0.4 is 10.6 Å². The first kappa shape index (κ1) is 18.9. The number of benzene rings is 1. The lowest BCUT2D eigenvalue weighted by Crippen LogP contribution is -2.47. The Morgan fingerprint density at radius 2 is 1.88 bits per heavy atom. The van der Waals surface area contributed by atoms with Crippen molar-refractivity contribution in [2.75, 3.05) is 33.4 Å². The summed E-state index contributed by atoms with van der Waals surface area (Å²) in [5, 5.41) is 6.55. The van der Waals surface area contributed by atoms with E-state index in [4.69, 9.17) is 4.74 Å². The fourth-order valence-electron chi connectivity index (χ4n) is 3.49. The molecule has 0 saturated carbocycles. The van der Waals surface area contributed by atoms with Gasteiger partial charge in [-0.25, -0.2) is 0 Å². The molecule has 0 spiro atoms. The van der Waals surface area contributed by atoms with Gasteiger partial charge in [-0.05, 0) is 43.8 Å². The highest BCUT2D eigenvalue weighted by molar-refractivity contribution is 5.77. The maximum atomic E-state index is 12.5. The van der Waals surface area contributed by atoms with Crippen molar-refractivity contribution in [3.63, 3.8) is 0 Å². The molecule has 1 aliphatic rings. The molecule has 1 aromatic carbocycles. The quantitative estimate of drug-likeness (QED) is 0.807. The molecule has 0 aliphatic carbocycles. The van der Waals surface area contributed by atoms with Gasteiger partial charge in [0.1, 0.15) is 0 Å². The Hall–Kier alpha value is -1.39. The lowest BCUT2D eigenvalue weighted by molar-refractivity contribution is -0.123. The lowest BCUT2D eigenvalue weighted by Gasteiger charge is -2.37. The number of aryl methyl sites for hydroxylation is 1.